The quantitative estimate of drug-likeness (QED) is 0.817. The monoisotopic (exact) mass is 297 g/mol. The smallest absolute Gasteiger partial charge is 0.373 e. The van der Waals surface area contributed by atoms with E-state index in [0.29, 0.717) is 11.3 Å². The Morgan fingerprint density at radius 3 is 2.80 bits per heavy atom. The molecule has 0 spiro atoms. The Hall–Kier alpha value is -0.940. The van der Waals surface area contributed by atoms with E-state index in [1.165, 1.54) is 39.2 Å². The van der Waals surface area contributed by atoms with Crippen molar-refractivity contribution in [2.24, 2.45) is 0 Å². The Labute approximate surface area is 124 Å². The van der Waals surface area contributed by atoms with Crippen LogP contribution in [0.1, 0.15) is 48.4 Å². The fourth-order valence-corrected chi connectivity index (χ4v) is 3.69. The lowest BCUT2D eigenvalue weighted by atomic mass is 9.88. The van der Waals surface area contributed by atoms with Crippen molar-refractivity contribution in [3.63, 3.8) is 0 Å². The van der Waals surface area contributed by atoms with Gasteiger partial charge in [0.2, 0.25) is 5.76 Å². The van der Waals surface area contributed by atoms with Crippen molar-refractivity contribution in [2.75, 3.05) is 19.9 Å². The van der Waals surface area contributed by atoms with Gasteiger partial charge in [-0.3, -0.25) is 0 Å². The summed E-state index contributed by atoms with van der Waals surface area (Å²) < 4.78 is 10.4. The number of esters is 1. The Kier molecular flexibility index (Phi) is 5.54. The van der Waals surface area contributed by atoms with Crippen molar-refractivity contribution in [1.29, 1.82) is 0 Å². The third-order valence-electron chi connectivity index (χ3n) is 3.99. The van der Waals surface area contributed by atoms with Crippen molar-refractivity contribution >= 4 is 17.7 Å². The summed E-state index contributed by atoms with van der Waals surface area (Å²) in [5.74, 6) is 0.614. The topological polar surface area (TPSA) is 51.5 Å². The van der Waals surface area contributed by atoms with E-state index in [0.717, 1.165) is 12.3 Å². The molecule has 0 radical (unpaired) electrons. The van der Waals surface area contributed by atoms with Crippen LogP contribution in [0.2, 0.25) is 0 Å². The number of carbonyl (C=O) groups is 1. The fourth-order valence-electron chi connectivity index (χ4n) is 2.75. The third-order valence-corrected chi connectivity index (χ3v) is 5.41. The molecule has 1 fully saturated rings. The van der Waals surface area contributed by atoms with Crippen LogP contribution in [0.3, 0.4) is 0 Å². The molecule has 0 amide bonds. The van der Waals surface area contributed by atoms with E-state index < -0.39 is 5.97 Å². The first kappa shape index (κ1) is 15.4. The summed E-state index contributed by atoms with van der Waals surface area (Å²) in [6.07, 6.45) is 8.79. The zero-order chi connectivity index (χ0) is 14.4. The highest BCUT2D eigenvalue weighted by Crippen LogP contribution is 2.37. The van der Waals surface area contributed by atoms with Crippen LogP contribution < -0.4 is 5.32 Å². The van der Waals surface area contributed by atoms with Crippen LogP contribution in [-0.2, 0) is 11.3 Å². The maximum Gasteiger partial charge on any atom is 0.373 e. The van der Waals surface area contributed by atoms with E-state index in [9.17, 15) is 4.79 Å². The van der Waals surface area contributed by atoms with Crippen molar-refractivity contribution in [1.82, 2.24) is 5.32 Å². The zero-order valence-corrected chi connectivity index (χ0v) is 13.1. The maximum absolute atomic E-state index is 11.3. The Morgan fingerprint density at radius 1 is 1.40 bits per heavy atom. The molecule has 0 unspecified atom stereocenters. The van der Waals surface area contributed by atoms with Gasteiger partial charge in [-0.05, 0) is 31.2 Å². The van der Waals surface area contributed by atoms with Gasteiger partial charge in [-0.2, -0.15) is 11.8 Å². The molecule has 0 bridgehead atoms. The molecule has 1 aliphatic rings. The Balaban J connectivity index is 1.82. The summed E-state index contributed by atoms with van der Waals surface area (Å²) in [4.78, 5) is 11.3. The van der Waals surface area contributed by atoms with E-state index in [1.807, 2.05) is 17.8 Å². The predicted octanol–water partition coefficient (Wildman–Crippen LogP) is 3.22. The zero-order valence-electron chi connectivity index (χ0n) is 12.2. The van der Waals surface area contributed by atoms with Gasteiger partial charge in [-0.1, -0.05) is 19.3 Å². The minimum Gasteiger partial charge on any atom is -0.463 e. The molecule has 0 aromatic carbocycles. The first-order chi connectivity index (χ1) is 9.69. The summed E-state index contributed by atoms with van der Waals surface area (Å²) in [5, 5.41) is 3.47. The van der Waals surface area contributed by atoms with Gasteiger partial charge in [0.1, 0.15) is 5.76 Å². The number of furan rings is 1. The fraction of sp³-hybridized carbons (Fsp3) is 0.667. The largest absolute Gasteiger partial charge is 0.463 e. The minimum atomic E-state index is -0.427. The molecule has 0 atom stereocenters. The molecule has 0 saturated heterocycles. The number of hydrogen-bond acceptors (Lipinski definition) is 5. The summed E-state index contributed by atoms with van der Waals surface area (Å²) in [6.45, 7) is 1.64. The number of methoxy groups -OCH3 is 1. The molecule has 1 N–H and O–H groups in total. The predicted molar refractivity (Wildman–Crippen MR) is 81.1 cm³/mol. The summed E-state index contributed by atoms with van der Waals surface area (Å²) in [7, 11) is 1.36. The number of rotatable bonds is 6. The number of nitrogens with one attached hydrogen (secondary N) is 1. The van der Waals surface area contributed by atoms with Crippen LogP contribution in [0.15, 0.2) is 16.5 Å². The summed E-state index contributed by atoms with van der Waals surface area (Å²) >= 11 is 1.97. The van der Waals surface area contributed by atoms with Gasteiger partial charge in [0.05, 0.1) is 13.7 Å². The van der Waals surface area contributed by atoms with E-state index >= 15 is 0 Å². The number of ether oxygens (including phenoxy) is 1. The van der Waals surface area contributed by atoms with Crippen molar-refractivity contribution < 1.29 is 13.9 Å². The van der Waals surface area contributed by atoms with Crippen molar-refractivity contribution in [3.8, 4) is 0 Å². The minimum absolute atomic E-state index is 0.265. The van der Waals surface area contributed by atoms with E-state index in [4.69, 9.17) is 4.42 Å². The molecule has 1 aliphatic carbocycles. The maximum atomic E-state index is 11.3. The van der Waals surface area contributed by atoms with Crippen molar-refractivity contribution in [3.05, 3.63) is 23.7 Å². The second-order valence-electron chi connectivity index (χ2n) is 5.31. The first-order valence-corrected chi connectivity index (χ1v) is 8.34. The van der Waals surface area contributed by atoms with E-state index in [2.05, 4.69) is 16.3 Å². The van der Waals surface area contributed by atoms with Crippen LogP contribution >= 0.6 is 11.8 Å². The van der Waals surface area contributed by atoms with Gasteiger partial charge in [0.15, 0.2) is 0 Å². The summed E-state index contributed by atoms with van der Waals surface area (Å²) in [5.41, 5.74) is 0. The lowest BCUT2D eigenvalue weighted by molar-refractivity contribution is 0.0563. The van der Waals surface area contributed by atoms with Crippen molar-refractivity contribution in [2.45, 2.75) is 43.4 Å². The Bertz CT molecular complexity index is 438. The molecule has 1 aromatic rings. The number of thioether (sulfide) groups is 1. The molecule has 112 valence electrons. The highest BCUT2D eigenvalue weighted by molar-refractivity contribution is 8.00. The average molecular weight is 297 g/mol. The van der Waals surface area contributed by atoms with Crippen LogP contribution in [0.25, 0.3) is 0 Å². The SMILES string of the molecule is COC(=O)c1ccc(CNCC2(SC)CCCCC2)o1. The second-order valence-corrected chi connectivity index (χ2v) is 6.58. The van der Waals surface area contributed by atoms with E-state index in [1.54, 1.807) is 6.07 Å². The van der Waals surface area contributed by atoms with Crippen LogP contribution in [0, 0.1) is 0 Å². The Morgan fingerprint density at radius 2 is 2.15 bits per heavy atom. The van der Waals surface area contributed by atoms with Crippen LogP contribution in [-0.4, -0.2) is 30.6 Å². The molecule has 0 aliphatic heterocycles. The molecule has 1 saturated carbocycles. The highest BCUT2D eigenvalue weighted by Gasteiger charge is 2.30. The molecule has 4 nitrogen and oxygen atoms in total. The molecule has 5 heteroatoms. The lowest BCUT2D eigenvalue weighted by Crippen LogP contribution is -2.39. The average Bonchev–Trinajstić information content (AvgIpc) is 2.96. The third kappa shape index (κ3) is 3.79. The lowest BCUT2D eigenvalue weighted by Gasteiger charge is -2.35. The highest BCUT2D eigenvalue weighted by atomic mass is 32.2. The molecular formula is C15H23NO3S. The number of hydrogen-bond donors (Lipinski definition) is 1. The van der Waals surface area contributed by atoms with E-state index in [-0.39, 0.29) is 5.76 Å². The second kappa shape index (κ2) is 7.18. The molecule has 1 heterocycles. The van der Waals surface area contributed by atoms with Gasteiger partial charge in [-0.15, -0.1) is 0 Å². The van der Waals surface area contributed by atoms with Crippen LogP contribution in [0.5, 0.6) is 0 Å². The van der Waals surface area contributed by atoms with Gasteiger partial charge in [0.25, 0.3) is 0 Å². The standard InChI is InChI=1S/C15H23NO3S/c1-18-14(17)13-7-6-12(19-13)10-16-11-15(20-2)8-4-3-5-9-15/h6-7,16H,3-5,8-11H2,1-2H3. The van der Waals surface area contributed by atoms with Gasteiger partial charge in [-0.25, -0.2) is 4.79 Å². The van der Waals surface area contributed by atoms with Gasteiger partial charge < -0.3 is 14.5 Å². The summed E-state index contributed by atoms with van der Waals surface area (Å²) in [6, 6.07) is 3.49. The molecule has 1 aromatic heterocycles. The first-order valence-electron chi connectivity index (χ1n) is 7.12. The van der Waals surface area contributed by atoms with Gasteiger partial charge >= 0.3 is 5.97 Å². The molecule has 2 rings (SSSR count). The molecular weight excluding hydrogens is 274 g/mol. The molecule has 20 heavy (non-hydrogen) atoms. The number of carbonyl (C=O) groups excluding carboxylic acids is 1. The van der Waals surface area contributed by atoms with Crippen LogP contribution in [0.4, 0.5) is 0 Å². The normalized spacial score (nSPS) is 17.9. The van der Waals surface area contributed by atoms with Gasteiger partial charge in [0, 0.05) is 11.3 Å².